The molecule has 1 heterocycles. The lowest BCUT2D eigenvalue weighted by Crippen LogP contribution is -2.35. The van der Waals surface area contributed by atoms with E-state index in [-0.39, 0.29) is 24.2 Å². The van der Waals surface area contributed by atoms with Crippen LogP contribution in [0.15, 0.2) is 48.5 Å². The van der Waals surface area contributed by atoms with Gasteiger partial charge in [-0.25, -0.2) is 0 Å². The van der Waals surface area contributed by atoms with E-state index in [9.17, 15) is 9.59 Å². The molecule has 1 atom stereocenters. The molecular formula is C21H26ClN3O2. The molecule has 0 saturated carbocycles. The number of nitrogens with one attached hydrogen (secondary N) is 1. The lowest BCUT2D eigenvalue weighted by molar-refractivity contribution is -0.118. The maximum atomic E-state index is 12.6. The Morgan fingerprint density at radius 2 is 1.85 bits per heavy atom. The van der Waals surface area contributed by atoms with Crippen LogP contribution in [0, 0.1) is 0 Å². The van der Waals surface area contributed by atoms with Crippen molar-refractivity contribution in [2.24, 2.45) is 5.73 Å². The molecule has 2 aromatic carbocycles. The summed E-state index contributed by atoms with van der Waals surface area (Å²) < 4.78 is 0. The first-order chi connectivity index (χ1) is 12.6. The molecule has 0 bridgehead atoms. The summed E-state index contributed by atoms with van der Waals surface area (Å²) >= 11 is 0. The van der Waals surface area contributed by atoms with Gasteiger partial charge in [-0.15, -0.1) is 12.4 Å². The fraction of sp³-hybridized carbons (Fsp3) is 0.333. The van der Waals surface area contributed by atoms with Crippen molar-refractivity contribution in [3.05, 3.63) is 59.7 Å². The molecule has 0 aromatic heterocycles. The van der Waals surface area contributed by atoms with Gasteiger partial charge in [0.15, 0.2) is 0 Å². The molecule has 0 saturated heterocycles. The molecule has 27 heavy (non-hydrogen) atoms. The van der Waals surface area contributed by atoms with Crippen molar-refractivity contribution in [1.29, 1.82) is 0 Å². The minimum Gasteiger partial charge on any atom is -0.325 e. The Balaban J connectivity index is 0.00000261. The second-order valence-corrected chi connectivity index (χ2v) is 6.68. The number of hydrogen-bond acceptors (Lipinski definition) is 3. The molecule has 3 N–H and O–H groups in total. The zero-order chi connectivity index (χ0) is 18.5. The van der Waals surface area contributed by atoms with Gasteiger partial charge in [-0.3, -0.25) is 9.59 Å². The SMILES string of the molecule is CCCC(N)C(=O)Nc1ccc(CC(=O)N2CCc3ccccc32)cc1.Cl. The highest BCUT2D eigenvalue weighted by Gasteiger charge is 2.24. The summed E-state index contributed by atoms with van der Waals surface area (Å²) in [4.78, 5) is 26.5. The van der Waals surface area contributed by atoms with Gasteiger partial charge < -0.3 is 16.0 Å². The van der Waals surface area contributed by atoms with Crippen molar-refractivity contribution in [3.63, 3.8) is 0 Å². The van der Waals surface area contributed by atoms with Gasteiger partial charge in [0, 0.05) is 17.9 Å². The molecule has 3 rings (SSSR count). The third kappa shape index (κ3) is 5.08. The van der Waals surface area contributed by atoms with Gasteiger partial charge >= 0.3 is 0 Å². The van der Waals surface area contributed by atoms with Crippen LogP contribution >= 0.6 is 12.4 Å². The smallest absolute Gasteiger partial charge is 0.241 e. The molecule has 2 aromatic rings. The predicted octanol–water partition coefficient (Wildman–Crippen LogP) is 3.31. The van der Waals surface area contributed by atoms with Gasteiger partial charge in [0.05, 0.1) is 12.5 Å². The number of fused-ring (bicyclic) bond motifs is 1. The average Bonchev–Trinajstić information content (AvgIpc) is 3.07. The number of halogens is 1. The van der Waals surface area contributed by atoms with Crippen molar-refractivity contribution < 1.29 is 9.59 Å². The molecule has 1 aliphatic heterocycles. The molecule has 0 aliphatic carbocycles. The minimum atomic E-state index is -0.489. The molecule has 1 aliphatic rings. The van der Waals surface area contributed by atoms with E-state index in [0.717, 1.165) is 30.6 Å². The summed E-state index contributed by atoms with van der Waals surface area (Å²) in [6.45, 7) is 2.74. The van der Waals surface area contributed by atoms with Crippen LogP contribution in [-0.4, -0.2) is 24.4 Å². The first-order valence-electron chi connectivity index (χ1n) is 9.12. The number of amides is 2. The molecule has 0 fully saturated rings. The number of anilines is 2. The van der Waals surface area contributed by atoms with E-state index in [0.29, 0.717) is 18.5 Å². The number of nitrogens with zero attached hydrogens (tertiary/aromatic N) is 1. The van der Waals surface area contributed by atoms with Gasteiger partial charge in [-0.2, -0.15) is 0 Å². The molecule has 5 nitrogen and oxygen atoms in total. The maximum Gasteiger partial charge on any atom is 0.241 e. The summed E-state index contributed by atoms with van der Waals surface area (Å²) in [5, 5.41) is 2.82. The number of carbonyl (C=O) groups excluding carboxylic acids is 2. The van der Waals surface area contributed by atoms with Gasteiger partial charge in [0.2, 0.25) is 11.8 Å². The van der Waals surface area contributed by atoms with E-state index in [2.05, 4.69) is 11.4 Å². The number of nitrogens with two attached hydrogens (primary N) is 1. The molecule has 1 unspecified atom stereocenters. The van der Waals surface area contributed by atoms with E-state index in [1.165, 1.54) is 5.56 Å². The van der Waals surface area contributed by atoms with Crippen LogP contribution in [-0.2, 0) is 22.4 Å². The van der Waals surface area contributed by atoms with E-state index >= 15 is 0 Å². The number of benzene rings is 2. The van der Waals surface area contributed by atoms with E-state index in [4.69, 9.17) is 5.73 Å². The first-order valence-corrected chi connectivity index (χ1v) is 9.12. The summed E-state index contributed by atoms with van der Waals surface area (Å²) in [6.07, 6.45) is 2.79. The number of para-hydroxylation sites is 1. The van der Waals surface area contributed by atoms with Crippen molar-refractivity contribution in [2.45, 2.75) is 38.6 Å². The number of carbonyl (C=O) groups is 2. The highest BCUT2D eigenvalue weighted by Crippen LogP contribution is 2.28. The van der Waals surface area contributed by atoms with Gasteiger partial charge in [-0.05, 0) is 42.2 Å². The van der Waals surface area contributed by atoms with Crippen LogP contribution in [0.5, 0.6) is 0 Å². The molecule has 0 radical (unpaired) electrons. The lowest BCUT2D eigenvalue weighted by Gasteiger charge is -2.17. The van der Waals surface area contributed by atoms with E-state index in [1.54, 1.807) is 0 Å². The lowest BCUT2D eigenvalue weighted by atomic mass is 10.1. The fourth-order valence-corrected chi connectivity index (χ4v) is 3.25. The zero-order valence-corrected chi connectivity index (χ0v) is 16.3. The molecule has 0 spiro atoms. The van der Waals surface area contributed by atoms with Crippen LogP contribution in [0.4, 0.5) is 11.4 Å². The second kappa shape index (κ2) is 9.53. The Hall–Kier alpha value is -2.37. The van der Waals surface area contributed by atoms with E-state index in [1.807, 2.05) is 54.3 Å². The normalized spacial score (nSPS) is 13.5. The minimum absolute atomic E-state index is 0. The quantitative estimate of drug-likeness (QED) is 0.798. The Labute approximate surface area is 166 Å². The highest BCUT2D eigenvalue weighted by atomic mass is 35.5. The topological polar surface area (TPSA) is 75.4 Å². The monoisotopic (exact) mass is 387 g/mol. The summed E-state index contributed by atoms with van der Waals surface area (Å²) in [6, 6.07) is 14.9. The zero-order valence-electron chi connectivity index (χ0n) is 15.5. The predicted molar refractivity (Wildman–Crippen MR) is 111 cm³/mol. The largest absolute Gasteiger partial charge is 0.325 e. The molecule has 2 amide bonds. The van der Waals surface area contributed by atoms with Gasteiger partial charge in [0.1, 0.15) is 0 Å². The molecule has 144 valence electrons. The Morgan fingerprint density at radius 1 is 1.15 bits per heavy atom. The van der Waals surface area contributed by atoms with E-state index < -0.39 is 6.04 Å². The third-order valence-electron chi connectivity index (χ3n) is 4.70. The fourth-order valence-electron chi connectivity index (χ4n) is 3.25. The van der Waals surface area contributed by atoms with Crippen molar-refractivity contribution in [3.8, 4) is 0 Å². The van der Waals surface area contributed by atoms with Crippen LogP contribution < -0.4 is 16.0 Å². The standard InChI is InChI=1S/C21H25N3O2.ClH/c1-2-5-18(22)21(26)23-17-10-8-15(9-11-17)14-20(25)24-13-12-16-6-3-4-7-19(16)24;/h3-4,6-11,18H,2,5,12-14,22H2,1H3,(H,23,26);1H. The molecular weight excluding hydrogens is 362 g/mol. The van der Waals surface area contributed by atoms with Gasteiger partial charge in [-0.1, -0.05) is 43.7 Å². The maximum absolute atomic E-state index is 12.6. The Kier molecular flexibility index (Phi) is 7.39. The number of hydrogen-bond donors (Lipinski definition) is 2. The summed E-state index contributed by atoms with van der Waals surface area (Å²) in [5.74, 6) is -0.0824. The van der Waals surface area contributed by atoms with Crippen molar-refractivity contribution in [2.75, 3.05) is 16.8 Å². The van der Waals surface area contributed by atoms with Crippen LogP contribution in [0.25, 0.3) is 0 Å². The number of rotatable bonds is 6. The van der Waals surface area contributed by atoms with Gasteiger partial charge in [0.25, 0.3) is 0 Å². The third-order valence-corrected chi connectivity index (χ3v) is 4.70. The van der Waals surface area contributed by atoms with Crippen LogP contribution in [0.1, 0.15) is 30.9 Å². The van der Waals surface area contributed by atoms with Crippen LogP contribution in [0.3, 0.4) is 0 Å². The Bertz CT molecular complexity index is 792. The first kappa shape index (κ1) is 20.9. The summed E-state index contributed by atoms with van der Waals surface area (Å²) in [5.41, 5.74) is 9.69. The Morgan fingerprint density at radius 3 is 2.56 bits per heavy atom. The second-order valence-electron chi connectivity index (χ2n) is 6.68. The van der Waals surface area contributed by atoms with Crippen molar-refractivity contribution >= 4 is 35.6 Å². The summed E-state index contributed by atoms with van der Waals surface area (Å²) in [7, 11) is 0. The van der Waals surface area contributed by atoms with Crippen molar-refractivity contribution in [1.82, 2.24) is 0 Å². The average molecular weight is 388 g/mol. The highest BCUT2D eigenvalue weighted by molar-refractivity contribution is 5.97. The van der Waals surface area contributed by atoms with Crippen LogP contribution in [0.2, 0.25) is 0 Å². The molecule has 6 heteroatoms.